The Balaban J connectivity index is 2.24. The van der Waals surface area contributed by atoms with Crippen molar-refractivity contribution in [2.24, 2.45) is 7.05 Å². The lowest BCUT2D eigenvalue weighted by molar-refractivity contribution is 0.628. The number of aryl methyl sites for hydroxylation is 1. The SMILES string of the molecule is Cn1ccnc1-c1nc(N)ncc1-c1cccc(F)c1. The van der Waals surface area contributed by atoms with E-state index < -0.39 is 0 Å². The number of rotatable bonds is 2. The van der Waals surface area contributed by atoms with Crippen LogP contribution in [0, 0.1) is 5.82 Å². The van der Waals surface area contributed by atoms with E-state index in [2.05, 4.69) is 15.0 Å². The maximum atomic E-state index is 13.4. The highest BCUT2D eigenvalue weighted by atomic mass is 19.1. The minimum atomic E-state index is -0.315. The van der Waals surface area contributed by atoms with Crippen molar-refractivity contribution in [1.29, 1.82) is 0 Å². The van der Waals surface area contributed by atoms with Crippen LogP contribution in [-0.4, -0.2) is 19.5 Å². The maximum Gasteiger partial charge on any atom is 0.220 e. The number of benzene rings is 1. The molecule has 1 aromatic carbocycles. The van der Waals surface area contributed by atoms with Crippen molar-refractivity contribution in [3.05, 3.63) is 48.7 Å². The first kappa shape index (κ1) is 12.3. The van der Waals surface area contributed by atoms with Gasteiger partial charge < -0.3 is 10.3 Å². The monoisotopic (exact) mass is 269 g/mol. The van der Waals surface area contributed by atoms with Gasteiger partial charge in [0.25, 0.3) is 0 Å². The lowest BCUT2D eigenvalue weighted by Gasteiger charge is -2.09. The number of hydrogen-bond acceptors (Lipinski definition) is 4. The van der Waals surface area contributed by atoms with E-state index >= 15 is 0 Å². The smallest absolute Gasteiger partial charge is 0.220 e. The van der Waals surface area contributed by atoms with Crippen LogP contribution in [-0.2, 0) is 7.05 Å². The molecular weight excluding hydrogens is 257 g/mol. The average molecular weight is 269 g/mol. The second kappa shape index (κ2) is 4.73. The molecule has 0 saturated carbocycles. The molecule has 20 heavy (non-hydrogen) atoms. The van der Waals surface area contributed by atoms with Gasteiger partial charge in [-0.3, -0.25) is 0 Å². The summed E-state index contributed by atoms with van der Waals surface area (Å²) in [4.78, 5) is 12.5. The Bertz CT molecular complexity index is 766. The normalized spacial score (nSPS) is 10.7. The summed E-state index contributed by atoms with van der Waals surface area (Å²) in [5.41, 5.74) is 7.61. The lowest BCUT2D eigenvalue weighted by Crippen LogP contribution is -2.02. The van der Waals surface area contributed by atoms with Crippen LogP contribution in [0.15, 0.2) is 42.9 Å². The van der Waals surface area contributed by atoms with Crippen molar-refractivity contribution < 1.29 is 4.39 Å². The van der Waals surface area contributed by atoms with Crippen LogP contribution in [0.4, 0.5) is 10.3 Å². The number of nitrogens with two attached hydrogens (primary N) is 1. The second-order valence-electron chi connectivity index (χ2n) is 4.36. The Morgan fingerprint density at radius 3 is 2.80 bits per heavy atom. The van der Waals surface area contributed by atoms with Gasteiger partial charge in [0.1, 0.15) is 11.5 Å². The van der Waals surface area contributed by atoms with Crippen LogP contribution >= 0.6 is 0 Å². The van der Waals surface area contributed by atoms with E-state index in [9.17, 15) is 4.39 Å². The molecule has 100 valence electrons. The van der Waals surface area contributed by atoms with Crippen molar-refractivity contribution in [2.45, 2.75) is 0 Å². The predicted octanol–water partition coefficient (Wildman–Crippen LogP) is 2.27. The third-order valence-corrected chi connectivity index (χ3v) is 2.98. The van der Waals surface area contributed by atoms with Crippen molar-refractivity contribution in [3.63, 3.8) is 0 Å². The summed E-state index contributed by atoms with van der Waals surface area (Å²) in [7, 11) is 1.86. The molecule has 0 spiro atoms. The summed E-state index contributed by atoms with van der Waals surface area (Å²) >= 11 is 0. The highest BCUT2D eigenvalue weighted by Gasteiger charge is 2.14. The minimum Gasteiger partial charge on any atom is -0.368 e. The number of nitrogens with zero attached hydrogens (tertiary/aromatic N) is 4. The minimum absolute atomic E-state index is 0.156. The van der Waals surface area contributed by atoms with Gasteiger partial charge in [0.05, 0.1) is 0 Å². The fraction of sp³-hybridized carbons (Fsp3) is 0.0714. The fourth-order valence-corrected chi connectivity index (χ4v) is 2.03. The topological polar surface area (TPSA) is 69.6 Å². The molecule has 0 atom stereocenters. The molecule has 2 heterocycles. The number of aromatic nitrogens is 4. The molecule has 0 radical (unpaired) electrons. The Labute approximate surface area is 114 Å². The highest BCUT2D eigenvalue weighted by Crippen LogP contribution is 2.29. The summed E-state index contributed by atoms with van der Waals surface area (Å²) < 4.78 is 15.2. The van der Waals surface area contributed by atoms with Gasteiger partial charge in [-0.05, 0) is 17.7 Å². The largest absolute Gasteiger partial charge is 0.368 e. The molecule has 6 heteroatoms. The van der Waals surface area contributed by atoms with Gasteiger partial charge in [0, 0.05) is 31.2 Å². The van der Waals surface area contributed by atoms with Gasteiger partial charge in [-0.1, -0.05) is 12.1 Å². The quantitative estimate of drug-likeness (QED) is 0.774. The zero-order chi connectivity index (χ0) is 14.1. The Kier molecular flexibility index (Phi) is 2.90. The molecule has 3 rings (SSSR count). The maximum absolute atomic E-state index is 13.4. The molecule has 0 unspecified atom stereocenters. The van der Waals surface area contributed by atoms with Crippen molar-refractivity contribution in [3.8, 4) is 22.6 Å². The summed E-state index contributed by atoms with van der Waals surface area (Å²) in [5, 5.41) is 0. The zero-order valence-corrected chi connectivity index (χ0v) is 10.8. The molecule has 5 nitrogen and oxygen atoms in total. The van der Waals surface area contributed by atoms with E-state index in [0.717, 1.165) is 0 Å². The van der Waals surface area contributed by atoms with Gasteiger partial charge in [0.15, 0.2) is 5.82 Å². The first-order valence-corrected chi connectivity index (χ1v) is 6.01. The summed E-state index contributed by atoms with van der Waals surface area (Å²) in [6, 6.07) is 6.26. The van der Waals surface area contributed by atoms with Gasteiger partial charge in [0.2, 0.25) is 5.95 Å². The number of halogens is 1. The summed E-state index contributed by atoms with van der Waals surface area (Å²) in [6.07, 6.45) is 5.06. The van der Waals surface area contributed by atoms with Gasteiger partial charge in [-0.25, -0.2) is 19.3 Å². The Hall–Kier alpha value is -2.76. The first-order chi connectivity index (χ1) is 9.65. The zero-order valence-electron chi connectivity index (χ0n) is 10.8. The summed E-state index contributed by atoms with van der Waals surface area (Å²) in [6.45, 7) is 0. The van der Waals surface area contributed by atoms with Gasteiger partial charge in [-0.2, -0.15) is 0 Å². The van der Waals surface area contributed by atoms with Crippen LogP contribution in [0.25, 0.3) is 22.6 Å². The second-order valence-corrected chi connectivity index (χ2v) is 4.36. The molecular formula is C14H12FN5. The van der Waals surface area contributed by atoms with Crippen LogP contribution < -0.4 is 5.73 Å². The van der Waals surface area contributed by atoms with E-state index in [0.29, 0.717) is 22.6 Å². The fourth-order valence-electron chi connectivity index (χ4n) is 2.03. The van der Waals surface area contributed by atoms with Crippen molar-refractivity contribution >= 4 is 5.95 Å². The van der Waals surface area contributed by atoms with E-state index in [1.807, 2.05) is 17.8 Å². The third kappa shape index (κ3) is 2.11. The van der Waals surface area contributed by atoms with Crippen molar-refractivity contribution in [2.75, 3.05) is 5.73 Å². The first-order valence-electron chi connectivity index (χ1n) is 6.01. The number of hydrogen-bond donors (Lipinski definition) is 1. The van der Waals surface area contributed by atoms with E-state index in [4.69, 9.17) is 5.73 Å². The van der Waals surface area contributed by atoms with Gasteiger partial charge >= 0.3 is 0 Å². The van der Waals surface area contributed by atoms with Crippen molar-refractivity contribution in [1.82, 2.24) is 19.5 Å². The van der Waals surface area contributed by atoms with Crippen LogP contribution in [0.5, 0.6) is 0 Å². The highest BCUT2D eigenvalue weighted by molar-refractivity contribution is 5.78. The summed E-state index contributed by atoms with van der Waals surface area (Å²) in [5.74, 6) is 0.492. The third-order valence-electron chi connectivity index (χ3n) is 2.98. The van der Waals surface area contributed by atoms with E-state index in [-0.39, 0.29) is 11.8 Å². The van der Waals surface area contributed by atoms with Crippen LogP contribution in [0.3, 0.4) is 0 Å². The molecule has 0 amide bonds. The standard InChI is InChI=1S/C14H12FN5/c1-20-6-5-17-13(20)12-11(8-18-14(16)19-12)9-3-2-4-10(15)7-9/h2-8H,1H3,(H2,16,18,19). The van der Waals surface area contributed by atoms with Crippen LogP contribution in [0.2, 0.25) is 0 Å². The molecule has 2 N–H and O–H groups in total. The van der Waals surface area contributed by atoms with E-state index in [1.54, 1.807) is 24.5 Å². The molecule has 0 aliphatic rings. The number of anilines is 1. The number of imidazole rings is 1. The van der Waals surface area contributed by atoms with Crippen LogP contribution in [0.1, 0.15) is 0 Å². The molecule has 0 aliphatic heterocycles. The molecule has 0 saturated heterocycles. The molecule has 0 aliphatic carbocycles. The molecule has 0 bridgehead atoms. The number of nitrogen functional groups attached to an aromatic ring is 1. The predicted molar refractivity (Wildman–Crippen MR) is 74.0 cm³/mol. The Morgan fingerprint density at radius 1 is 1.25 bits per heavy atom. The molecule has 0 fully saturated rings. The molecule has 3 aromatic rings. The van der Waals surface area contributed by atoms with Gasteiger partial charge in [-0.15, -0.1) is 0 Å². The lowest BCUT2D eigenvalue weighted by atomic mass is 10.1. The average Bonchev–Trinajstić information content (AvgIpc) is 2.85. The molecule has 2 aromatic heterocycles. The Morgan fingerprint density at radius 2 is 2.10 bits per heavy atom. The van der Waals surface area contributed by atoms with E-state index in [1.165, 1.54) is 12.1 Å².